The van der Waals surface area contributed by atoms with Gasteiger partial charge in [0.1, 0.15) is 0 Å². The van der Waals surface area contributed by atoms with Gasteiger partial charge in [0.15, 0.2) is 5.96 Å². The molecule has 1 aromatic heterocycles. The number of rotatable bonds is 8. The van der Waals surface area contributed by atoms with Crippen LogP contribution in [0, 0.1) is 0 Å². The molecule has 2 aromatic rings. The highest BCUT2D eigenvalue weighted by Gasteiger charge is 2.06. The minimum absolute atomic E-state index is 0. The Morgan fingerprint density at radius 1 is 1.15 bits per heavy atom. The Morgan fingerprint density at radius 3 is 2.58 bits per heavy atom. The molecular weight excluding hydrogens is 443 g/mol. The fourth-order valence-corrected chi connectivity index (χ4v) is 2.34. The number of hydrogen-bond acceptors (Lipinski definition) is 3. The summed E-state index contributed by atoms with van der Waals surface area (Å²) in [6.45, 7) is 4.25. The van der Waals surface area contributed by atoms with Crippen molar-refractivity contribution in [1.82, 2.24) is 25.7 Å². The van der Waals surface area contributed by atoms with Crippen molar-refractivity contribution >= 4 is 35.8 Å². The van der Waals surface area contributed by atoms with Crippen molar-refractivity contribution in [3.63, 3.8) is 0 Å². The lowest BCUT2D eigenvalue weighted by Gasteiger charge is -2.14. The summed E-state index contributed by atoms with van der Waals surface area (Å²) < 4.78 is 1.89. The molecule has 1 aromatic carbocycles. The van der Waals surface area contributed by atoms with Crippen LogP contribution in [-0.2, 0) is 17.9 Å². The molecule has 8 heteroatoms. The highest BCUT2D eigenvalue weighted by Crippen LogP contribution is 2.10. The average molecular weight is 470 g/mol. The highest BCUT2D eigenvalue weighted by atomic mass is 127. The van der Waals surface area contributed by atoms with Crippen molar-refractivity contribution in [1.29, 1.82) is 0 Å². The molecule has 142 valence electrons. The summed E-state index contributed by atoms with van der Waals surface area (Å²) in [6.07, 6.45) is 4.64. The normalized spacial score (nSPS) is 10.8. The second kappa shape index (κ2) is 12.3. The number of halogens is 1. The van der Waals surface area contributed by atoms with E-state index in [9.17, 15) is 4.79 Å². The maximum atomic E-state index is 11.7. The molecular formula is C18H27IN6O. The SMILES string of the molecule is CCCNC(=O)CNC(=NC)NCc1ccccc1Cn1cccn1.I. The molecule has 0 aliphatic rings. The Balaban J connectivity index is 0.00000338. The number of amides is 1. The van der Waals surface area contributed by atoms with E-state index in [-0.39, 0.29) is 36.4 Å². The molecule has 0 unspecified atom stereocenters. The van der Waals surface area contributed by atoms with Crippen LogP contribution in [0.3, 0.4) is 0 Å². The van der Waals surface area contributed by atoms with E-state index in [4.69, 9.17) is 0 Å². The first kappa shape index (κ1) is 21.9. The minimum Gasteiger partial charge on any atom is -0.355 e. The van der Waals surface area contributed by atoms with Crippen LogP contribution in [0.2, 0.25) is 0 Å². The number of carbonyl (C=O) groups excluding carboxylic acids is 1. The van der Waals surface area contributed by atoms with E-state index in [2.05, 4.69) is 38.2 Å². The molecule has 0 saturated carbocycles. The van der Waals surface area contributed by atoms with Crippen molar-refractivity contribution in [3.8, 4) is 0 Å². The van der Waals surface area contributed by atoms with E-state index >= 15 is 0 Å². The van der Waals surface area contributed by atoms with E-state index in [0.29, 0.717) is 19.0 Å². The van der Waals surface area contributed by atoms with Gasteiger partial charge in [0.05, 0.1) is 13.1 Å². The molecule has 0 fully saturated rings. The summed E-state index contributed by atoms with van der Waals surface area (Å²) in [5.74, 6) is 0.560. The lowest BCUT2D eigenvalue weighted by atomic mass is 10.1. The van der Waals surface area contributed by atoms with Gasteiger partial charge in [-0.3, -0.25) is 14.5 Å². The van der Waals surface area contributed by atoms with E-state index in [1.807, 2.05) is 36.0 Å². The smallest absolute Gasteiger partial charge is 0.239 e. The van der Waals surface area contributed by atoms with Crippen LogP contribution in [0.1, 0.15) is 24.5 Å². The third kappa shape index (κ3) is 7.42. The molecule has 26 heavy (non-hydrogen) atoms. The van der Waals surface area contributed by atoms with Gasteiger partial charge in [0.2, 0.25) is 5.91 Å². The number of hydrogen-bond donors (Lipinski definition) is 3. The van der Waals surface area contributed by atoms with Gasteiger partial charge in [0, 0.05) is 32.5 Å². The number of carbonyl (C=O) groups is 1. The molecule has 3 N–H and O–H groups in total. The summed E-state index contributed by atoms with van der Waals surface area (Å²) in [5.41, 5.74) is 2.35. The fourth-order valence-electron chi connectivity index (χ4n) is 2.34. The molecule has 7 nitrogen and oxygen atoms in total. The molecule has 0 aliphatic heterocycles. The molecule has 1 amide bonds. The van der Waals surface area contributed by atoms with Gasteiger partial charge in [-0.05, 0) is 23.6 Å². The zero-order valence-electron chi connectivity index (χ0n) is 15.2. The monoisotopic (exact) mass is 470 g/mol. The second-order valence-electron chi connectivity index (χ2n) is 5.60. The predicted molar refractivity (Wildman–Crippen MR) is 115 cm³/mol. The molecule has 0 saturated heterocycles. The Morgan fingerprint density at radius 2 is 1.92 bits per heavy atom. The highest BCUT2D eigenvalue weighted by molar-refractivity contribution is 14.0. The van der Waals surface area contributed by atoms with Gasteiger partial charge in [-0.1, -0.05) is 31.2 Å². The Bertz CT molecular complexity index is 687. The van der Waals surface area contributed by atoms with Gasteiger partial charge in [-0.2, -0.15) is 5.10 Å². The molecule has 1 heterocycles. The zero-order valence-corrected chi connectivity index (χ0v) is 17.6. The van der Waals surface area contributed by atoms with Crippen LogP contribution < -0.4 is 16.0 Å². The van der Waals surface area contributed by atoms with Gasteiger partial charge >= 0.3 is 0 Å². The number of nitrogens with zero attached hydrogens (tertiary/aromatic N) is 3. The maximum absolute atomic E-state index is 11.7. The first-order chi connectivity index (χ1) is 12.2. The zero-order chi connectivity index (χ0) is 17.9. The quantitative estimate of drug-likeness (QED) is 0.312. The number of benzene rings is 1. The maximum Gasteiger partial charge on any atom is 0.239 e. The minimum atomic E-state index is -0.0381. The van der Waals surface area contributed by atoms with Crippen molar-refractivity contribution in [2.75, 3.05) is 20.1 Å². The van der Waals surface area contributed by atoms with Crippen LogP contribution in [0.25, 0.3) is 0 Å². The molecule has 0 aliphatic carbocycles. The van der Waals surface area contributed by atoms with E-state index in [1.54, 1.807) is 13.2 Å². The average Bonchev–Trinajstić information content (AvgIpc) is 3.14. The van der Waals surface area contributed by atoms with Crippen LogP contribution in [0.4, 0.5) is 0 Å². The van der Waals surface area contributed by atoms with E-state index in [1.165, 1.54) is 5.56 Å². The first-order valence-corrected chi connectivity index (χ1v) is 8.48. The first-order valence-electron chi connectivity index (χ1n) is 8.48. The number of nitrogens with one attached hydrogen (secondary N) is 3. The van der Waals surface area contributed by atoms with Crippen LogP contribution >= 0.6 is 24.0 Å². The lowest BCUT2D eigenvalue weighted by molar-refractivity contribution is -0.120. The molecule has 0 radical (unpaired) electrons. The van der Waals surface area contributed by atoms with Crippen LogP contribution in [0.15, 0.2) is 47.7 Å². The number of guanidine groups is 1. The van der Waals surface area contributed by atoms with E-state index in [0.717, 1.165) is 18.5 Å². The summed E-state index contributed by atoms with van der Waals surface area (Å²) in [4.78, 5) is 15.8. The second-order valence-corrected chi connectivity index (χ2v) is 5.60. The van der Waals surface area contributed by atoms with Crippen molar-refractivity contribution in [2.45, 2.75) is 26.4 Å². The van der Waals surface area contributed by atoms with Crippen molar-refractivity contribution in [2.24, 2.45) is 4.99 Å². The molecule has 0 spiro atoms. The Labute approximate surface area is 171 Å². The van der Waals surface area contributed by atoms with Gasteiger partial charge in [-0.15, -0.1) is 24.0 Å². The van der Waals surface area contributed by atoms with Gasteiger partial charge in [0.25, 0.3) is 0 Å². The summed E-state index contributed by atoms with van der Waals surface area (Å²) in [5, 5.41) is 13.3. The number of aliphatic imine (C=N–C) groups is 1. The summed E-state index contributed by atoms with van der Waals surface area (Å²) in [7, 11) is 1.69. The van der Waals surface area contributed by atoms with Gasteiger partial charge < -0.3 is 16.0 Å². The number of aromatic nitrogens is 2. The summed E-state index contributed by atoms with van der Waals surface area (Å²) >= 11 is 0. The van der Waals surface area contributed by atoms with Crippen LogP contribution in [-0.4, -0.2) is 41.8 Å². The predicted octanol–water partition coefficient (Wildman–Crippen LogP) is 1.74. The molecule has 0 bridgehead atoms. The molecule has 2 rings (SSSR count). The summed E-state index contributed by atoms with van der Waals surface area (Å²) in [6, 6.07) is 10.1. The lowest BCUT2D eigenvalue weighted by Crippen LogP contribution is -2.43. The largest absolute Gasteiger partial charge is 0.355 e. The standard InChI is InChI=1S/C18H26N6O.HI/c1-3-9-20-17(25)13-22-18(19-2)21-12-15-7-4-5-8-16(15)14-24-11-6-10-23-24;/h4-8,10-11H,3,9,12-14H2,1-2H3,(H,20,25)(H2,19,21,22);1H. The van der Waals surface area contributed by atoms with Crippen molar-refractivity contribution < 1.29 is 4.79 Å². The fraction of sp³-hybridized carbons (Fsp3) is 0.389. The Kier molecular flexibility index (Phi) is 10.4. The van der Waals surface area contributed by atoms with Crippen molar-refractivity contribution in [3.05, 3.63) is 53.9 Å². The third-order valence-corrected chi connectivity index (χ3v) is 3.67. The van der Waals surface area contributed by atoms with Gasteiger partial charge in [-0.25, -0.2) is 0 Å². The molecule has 0 atom stereocenters. The topological polar surface area (TPSA) is 83.3 Å². The van der Waals surface area contributed by atoms with Crippen LogP contribution in [0.5, 0.6) is 0 Å². The third-order valence-electron chi connectivity index (χ3n) is 3.67. The Hall–Kier alpha value is -2.10. The van der Waals surface area contributed by atoms with E-state index < -0.39 is 0 Å².